The standard InChI is InChI=1S/C22H19N3O2/c1-2-24-20-7-4-3-6-19(20)17(15-23)14-16-9-11-18(12-10-16)25-22(26)21-8-5-13-27-21/h3-14,24H,2H2,1H3,(H,25,26)/b17-14+. The molecule has 0 spiro atoms. The number of furan rings is 1. The largest absolute Gasteiger partial charge is 0.459 e. The van der Waals surface area contributed by atoms with Crippen LogP contribution in [0.15, 0.2) is 71.3 Å². The third-order valence-corrected chi connectivity index (χ3v) is 3.93. The number of nitriles is 1. The average molecular weight is 357 g/mol. The summed E-state index contributed by atoms with van der Waals surface area (Å²) >= 11 is 0. The van der Waals surface area contributed by atoms with Crippen molar-refractivity contribution in [2.45, 2.75) is 6.92 Å². The van der Waals surface area contributed by atoms with Crippen LogP contribution in [-0.4, -0.2) is 12.5 Å². The van der Waals surface area contributed by atoms with Crippen molar-refractivity contribution in [1.82, 2.24) is 0 Å². The van der Waals surface area contributed by atoms with Gasteiger partial charge in [0, 0.05) is 23.5 Å². The molecule has 3 aromatic rings. The Kier molecular flexibility index (Phi) is 5.70. The van der Waals surface area contributed by atoms with Crippen molar-refractivity contribution in [1.29, 1.82) is 5.26 Å². The Morgan fingerprint density at radius 3 is 2.56 bits per heavy atom. The molecule has 5 heteroatoms. The molecule has 0 fully saturated rings. The molecule has 1 heterocycles. The van der Waals surface area contributed by atoms with E-state index in [1.807, 2.05) is 49.4 Å². The number of nitrogens with zero attached hydrogens (tertiary/aromatic N) is 1. The van der Waals surface area contributed by atoms with Gasteiger partial charge in [-0.1, -0.05) is 30.3 Å². The lowest BCUT2D eigenvalue weighted by molar-refractivity contribution is 0.0996. The first-order valence-corrected chi connectivity index (χ1v) is 8.61. The van der Waals surface area contributed by atoms with Gasteiger partial charge in [-0.25, -0.2) is 0 Å². The van der Waals surface area contributed by atoms with Gasteiger partial charge in [0.2, 0.25) is 0 Å². The highest BCUT2D eigenvalue weighted by atomic mass is 16.3. The fraction of sp³-hybridized carbons (Fsp3) is 0.0909. The molecule has 2 aromatic carbocycles. The van der Waals surface area contributed by atoms with Gasteiger partial charge in [-0.3, -0.25) is 4.79 Å². The number of carbonyl (C=O) groups excluding carboxylic acids is 1. The third-order valence-electron chi connectivity index (χ3n) is 3.93. The summed E-state index contributed by atoms with van der Waals surface area (Å²) in [5, 5.41) is 15.6. The molecule has 0 aliphatic rings. The van der Waals surface area contributed by atoms with E-state index in [2.05, 4.69) is 16.7 Å². The van der Waals surface area contributed by atoms with E-state index in [-0.39, 0.29) is 11.7 Å². The number of anilines is 2. The van der Waals surface area contributed by atoms with Gasteiger partial charge in [-0.05, 0) is 48.9 Å². The Morgan fingerprint density at radius 1 is 1.11 bits per heavy atom. The first-order valence-electron chi connectivity index (χ1n) is 8.61. The molecule has 0 saturated heterocycles. The lowest BCUT2D eigenvalue weighted by atomic mass is 10.0. The molecule has 1 aromatic heterocycles. The molecule has 3 rings (SSSR count). The number of rotatable bonds is 6. The number of carbonyl (C=O) groups is 1. The molecule has 0 saturated carbocycles. The SMILES string of the molecule is CCNc1ccccc1/C(C#N)=C/c1ccc(NC(=O)c2ccco2)cc1. The predicted octanol–water partition coefficient (Wildman–Crippen LogP) is 5.03. The summed E-state index contributed by atoms with van der Waals surface area (Å²) in [4.78, 5) is 12.0. The number of nitrogens with one attached hydrogen (secondary N) is 2. The molecule has 0 atom stereocenters. The lowest BCUT2D eigenvalue weighted by Gasteiger charge is -2.10. The Hall–Kier alpha value is -3.78. The molecule has 27 heavy (non-hydrogen) atoms. The second kappa shape index (κ2) is 8.54. The lowest BCUT2D eigenvalue weighted by Crippen LogP contribution is -2.10. The van der Waals surface area contributed by atoms with Crippen molar-refractivity contribution < 1.29 is 9.21 Å². The van der Waals surface area contributed by atoms with E-state index in [1.54, 1.807) is 24.3 Å². The molecule has 0 aliphatic carbocycles. The maximum absolute atomic E-state index is 12.0. The fourth-order valence-corrected chi connectivity index (χ4v) is 2.66. The first kappa shape index (κ1) is 18.0. The van der Waals surface area contributed by atoms with Crippen molar-refractivity contribution >= 4 is 28.9 Å². The van der Waals surface area contributed by atoms with Gasteiger partial charge in [0.1, 0.15) is 0 Å². The van der Waals surface area contributed by atoms with Crippen LogP contribution in [0.5, 0.6) is 0 Å². The molecule has 0 aliphatic heterocycles. The Labute approximate surface area is 157 Å². The Balaban J connectivity index is 1.80. The maximum Gasteiger partial charge on any atom is 0.291 e. The van der Waals surface area contributed by atoms with Crippen molar-refractivity contribution in [3.05, 3.63) is 83.8 Å². The number of allylic oxidation sites excluding steroid dienone is 1. The van der Waals surface area contributed by atoms with Crippen LogP contribution >= 0.6 is 0 Å². The van der Waals surface area contributed by atoms with Crippen LogP contribution in [0.3, 0.4) is 0 Å². The summed E-state index contributed by atoms with van der Waals surface area (Å²) in [5.74, 6) is -0.0497. The van der Waals surface area contributed by atoms with E-state index in [0.717, 1.165) is 23.4 Å². The van der Waals surface area contributed by atoms with Crippen molar-refractivity contribution in [3.8, 4) is 6.07 Å². The van der Waals surface area contributed by atoms with E-state index >= 15 is 0 Å². The molecule has 0 bridgehead atoms. The van der Waals surface area contributed by atoms with Gasteiger partial charge in [-0.15, -0.1) is 0 Å². The molecule has 1 amide bonds. The third kappa shape index (κ3) is 4.44. The highest BCUT2D eigenvalue weighted by Crippen LogP contribution is 2.25. The van der Waals surface area contributed by atoms with Gasteiger partial charge < -0.3 is 15.1 Å². The topological polar surface area (TPSA) is 78.1 Å². The predicted molar refractivity (Wildman–Crippen MR) is 107 cm³/mol. The summed E-state index contributed by atoms with van der Waals surface area (Å²) in [7, 11) is 0. The van der Waals surface area contributed by atoms with Crippen LogP contribution in [0.25, 0.3) is 11.6 Å². The normalized spacial score (nSPS) is 10.9. The Morgan fingerprint density at radius 2 is 1.89 bits per heavy atom. The van der Waals surface area contributed by atoms with Crippen molar-refractivity contribution in [3.63, 3.8) is 0 Å². The van der Waals surface area contributed by atoms with E-state index in [4.69, 9.17) is 4.42 Å². The molecule has 0 unspecified atom stereocenters. The maximum atomic E-state index is 12.0. The highest BCUT2D eigenvalue weighted by molar-refractivity contribution is 6.02. The van der Waals surface area contributed by atoms with Crippen LogP contribution in [0, 0.1) is 11.3 Å². The van der Waals surface area contributed by atoms with Gasteiger partial charge in [0.15, 0.2) is 5.76 Å². The van der Waals surface area contributed by atoms with Crippen molar-refractivity contribution in [2.24, 2.45) is 0 Å². The average Bonchev–Trinajstić information content (AvgIpc) is 3.23. The Bertz CT molecular complexity index is 981. The summed E-state index contributed by atoms with van der Waals surface area (Å²) in [6, 6.07) is 20.5. The van der Waals surface area contributed by atoms with Gasteiger partial charge >= 0.3 is 0 Å². The summed E-state index contributed by atoms with van der Waals surface area (Å²) in [6.07, 6.45) is 3.28. The smallest absolute Gasteiger partial charge is 0.291 e. The highest BCUT2D eigenvalue weighted by Gasteiger charge is 2.09. The number of para-hydroxylation sites is 1. The molecule has 5 nitrogen and oxygen atoms in total. The van der Waals surface area contributed by atoms with E-state index in [1.165, 1.54) is 6.26 Å². The van der Waals surface area contributed by atoms with Gasteiger partial charge in [0.25, 0.3) is 5.91 Å². The molecule has 134 valence electrons. The van der Waals surface area contributed by atoms with Crippen LogP contribution in [0.2, 0.25) is 0 Å². The van der Waals surface area contributed by atoms with Gasteiger partial charge in [-0.2, -0.15) is 5.26 Å². The second-order valence-electron chi connectivity index (χ2n) is 5.80. The van der Waals surface area contributed by atoms with Crippen LogP contribution in [0.1, 0.15) is 28.6 Å². The fourth-order valence-electron chi connectivity index (χ4n) is 2.66. The van der Waals surface area contributed by atoms with E-state index in [9.17, 15) is 10.1 Å². The minimum atomic E-state index is -0.305. The molecule has 2 N–H and O–H groups in total. The zero-order valence-corrected chi connectivity index (χ0v) is 14.9. The molecule has 0 radical (unpaired) electrons. The second-order valence-corrected chi connectivity index (χ2v) is 5.80. The zero-order valence-electron chi connectivity index (χ0n) is 14.9. The quantitative estimate of drug-likeness (QED) is 0.479. The number of hydrogen-bond acceptors (Lipinski definition) is 4. The van der Waals surface area contributed by atoms with Crippen LogP contribution < -0.4 is 10.6 Å². The number of hydrogen-bond donors (Lipinski definition) is 2. The summed E-state index contributed by atoms with van der Waals surface area (Å²) in [5.41, 5.74) is 3.88. The minimum Gasteiger partial charge on any atom is -0.459 e. The van der Waals surface area contributed by atoms with Crippen LogP contribution in [0.4, 0.5) is 11.4 Å². The summed E-state index contributed by atoms with van der Waals surface area (Å²) < 4.78 is 5.07. The first-order chi connectivity index (χ1) is 13.2. The van der Waals surface area contributed by atoms with Crippen molar-refractivity contribution in [2.75, 3.05) is 17.2 Å². The van der Waals surface area contributed by atoms with Gasteiger partial charge in [0.05, 0.1) is 17.9 Å². The minimum absolute atomic E-state index is 0.255. The monoisotopic (exact) mass is 357 g/mol. The molecular weight excluding hydrogens is 338 g/mol. The summed E-state index contributed by atoms with van der Waals surface area (Å²) in [6.45, 7) is 2.79. The zero-order chi connectivity index (χ0) is 19.1. The molecular formula is C22H19N3O2. The number of amides is 1. The number of benzene rings is 2. The van der Waals surface area contributed by atoms with E-state index in [0.29, 0.717) is 11.3 Å². The van der Waals surface area contributed by atoms with E-state index < -0.39 is 0 Å². The van der Waals surface area contributed by atoms with Crippen LogP contribution in [-0.2, 0) is 0 Å².